The van der Waals surface area contributed by atoms with Gasteiger partial charge < -0.3 is 0 Å². The Hall–Kier alpha value is -1.05. The zero-order valence-corrected chi connectivity index (χ0v) is 9.46. The fraction of sp³-hybridized carbons (Fsp3) is 0.0833. The third-order valence-corrected chi connectivity index (χ3v) is 2.66. The van der Waals surface area contributed by atoms with E-state index in [0.717, 1.165) is 21.8 Å². The number of rotatable bonds is 2. The highest BCUT2D eigenvalue weighted by Crippen LogP contribution is 2.21. The van der Waals surface area contributed by atoms with Gasteiger partial charge in [0.15, 0.2) is 0 Å². The van der Waals surface area contributed by atoms with E-state index in [0.29, 0.717) is 5.88 Å². The summed E-state index contributed by atoms with van der Waals surface area (Å²) in [6, 6.07) is 11.6. The van der Waals surface area contributed by atoms with Crippen molar-refractivity contribution in [2.45, 2.75) is 5.88 Å². The minimum Gasteiger partial charge on any atom is -0.260 e. The number of halogens is 2. The Kier molecular flexibility index (Phi) is 3.24. The molecule has 0 radical (unpaired) electrons. The Morgan fingerprint density at radius 2 is 1.73 bits per heavy atom. The molecule has 1 nitrogen and oxygen atoms in total. The molecule has 0 aliphatic carbocycles. The van der Waals surface area contributed by atoms with Crippen molar-refractivity contribution in [3.05, 3.63) is 53.3 Å². The first-order chi connectivity index (χ1) is 7.29. The third kappa shape index (κ3) is 2.49. The van der Waals surface area contributed by atoms with Gasteiger partial charge in [-0.2, -0.15) is 0 Å². The molecule has 0 saturated heterocycles. The molecule has 0 bridgehead atoms. The molecule has 0 N–H and O–H groups in total. The number of alkyl halides is 1. The molecule has 76 valence electrons. The molecule has 2 rings (SSSR count). The minimum absolute atomic E-state index is 0.432. The van der Waals surface area contributed by atoms with Crippen molar-refractivity contribution < 1.29 is 0 Å². The second kappa shape index (κ2) is 4.65. The Bertz CT molecular complexity index is 451. The van der Waals surface area contributed by atoms with E-state index in [-0.39, 0.29) is 0 Å². The lowest BCUT2D eigenvalue weighted by molar-refractivity contribution is 1.17. The number of hydrogen-bond acceptors (Lipinski definition) is 1. The van der Waals surface area contributed by atoms with Crippen LogP contribution in [-0.2, 0) is 5.88 Å². The van der Waals surface area contributed by atoms with Crippen molar-refractivity contribution in [3.63, 3.8) is 0 Å². The lowest BCUT2D eigenvalue weighted by atomic mass is 10.1. The smallest absolute Gasteiger partial charge is 0.0647 e. The van der Waals surface area contributed by atoms with Gasteiger partial charge in [0.1, 0.15) is 0 Å². The summed E-state index contributed by atoms with van der Waals surface area (Å²) in [7, 11) is 0. The van der Waals surface area contributed by atoms with Gasteiger partial charge in [-0.25, -0.2) is 0 Å². The van der Waals surface area contributed by atoms with E-state index < -0.39 is 0 Å². The van der Waals surface area contributed by atoms with E-state index in [2.05, 4.69) is 4.98 Å². The van der Waals surface area contributed by atoms with Crippen LogP contribution in [0.25, 0.3) is 11.1 Å². The SMILES string of the molecule is ClCc1cc(-c2ccc(Cl)cc2)ccn1. The Balaban J connectivity index is 2.40. The third-order valence-electron chi connectivity index (χ3n) is 2.13. The number of benzene rings is 1. The Morgan fingerprint density at radius 1 is 1.00 bits per heavy atom. The summed E-state index contributed by atoms with van der Waals surface area (Å²) in [5.74, 6) is 0.432. The molecular weight excluding hydrogens is 229 g/mol. The molecule has 0 atom stereocenters. The van der Waals surface area contributed by atoms with Crippen molar-refractivity contribution in [3.8, 4) is 11.1 Å². The van der Waals surface area contributed by atoms with Crippen LogP contribution in [0, 0.1) is 0 Å². The number of hydrogen-bond donors (Lipinski definition) is 0. The second-order valence-electron chi connectivity index (χ2n) is 3.18. The molecule has 0 amide bonds. The molecule has 0 spiro atoms. The number of pyridine rings is 1. The van der Waals surface area contributed by atoms with Gasteiger partial charge in [-0.05, 0) is 35.4 Å². The summed E-state index contributed by atoms with van der Waals surface area (Å²) in [4.78, 5) is 4.14. The van der Waals surface area contributed by atoms with Crippen molar-refractivity contribution in [2.75, 3.05) is 0 Å². The summed E-state index contributed by atoms with van der Waals surface area (Å²) in [5.41, 5.74) is 3.11. The highest BCUT2D eigenvalue weighted by Gasteiger charge is 1.99. The maximum absolute atomic E-state index is 5.82. The van der Waals surface area contributed by atoms with Crippen LogP contribution in [-0.4, -0.2) is 4.98 Å². The molecule has 15 heavy (non-hydrogen) atoms. The number of aromatic nitrogens is 1. The van der Waals surface area contributed by atoms with Crippen molar-refractivity contribution >= 4 is 23.2 Å². The first-order valence-corrected chi connectivity index (χ1v) is 5.47. The molecule has 0 aliphatic rings. The average Bonchev–Trinajstić information content (AvgIpc) is 2.30. The van der Waals surface area contributed by atoms with E-state index in [4.69, 9.17) is 23.2 Å². The molecule has 1 aromatic carbocycles. The summed E-state index contributed by atoms with van der Waals surface area (Å²) >= 11 is 11.6. The maximum atomic E-state index is 5.82. The van der Waals surface area contributed by atoms with Gasteiger partial charge in [-0.3, -0.25) is 4.98 Å². The standard InChI is InChI=1S/C12H9Cl2N/c13-8-12-7-10(5-6-15-12)9-1-3-11(14)4-2-9/h1-7H,8H2. The van der Waals surface area contributed by atoms with Crippen LogP contribution in [0.15, 0.2) is 42.6 Å². The van der Waals surface area contributed by atoms with Gasteiger partial charge in [0.25, 0.3) is 0 Å². The first-order valence-electron chi connectivity index (χ1n) is 4.56. The normalized spacial score (nSPS) is 10.3. The summed E-state index contributed by atoms with van der Waals surface area (Å²) in [6.45, 7) is 0. The van der Waals surface area contributed by atoms with Crippen LogP contribution in [0.1, 0.15) is 5.69 Å². The van der Waals surface area contributed by atoms with Gasteiger partial charge >= 0.3 is 0 Å². The zero-order valence-electron chi connectivity index (χ0n) is 7.95. The molecule has 2 aromatic rings. The van der Waals surface area contributed by atoms with Crippen LogP contribution in [0.3, 0.4) is 0 Å². The van der Waals surface area contributed by atoms with E-state index in [1.165, 1.54) is 0 Å². The lowest BCUT2D eigenvalue weighted by Gasteiger charge is -2.02. The van der Waals surface area contributed by atoms with Gasteiger partial charge in [-0.15, -0.1) is 11.6 Å². The maximum Gasteiger partial charge on any atom is 0.0647 e. The van der Waals surface area contributed by atoms with E-state index in [1.807, 2.05) is 36.4 Å². The molecule has 0 unspecified atom stereocenters. The van der Waals surface area contributed by atoms with E-state index >= 15 is 0 Å². The highest BCUT2D eigenvalue weighted by molar-refractivity contribution is 6.30. The summed E-state index contributed by atoms with van der Waals surface area (Å²) in [6.07, 6.45) is 1.77. The molecule has 0 fully saturated rings. The predicted molar refractivity (Wildman–Crippen MR) is 64.2 cm³/mol. The summed E-state index contributed by atoms with van der Waals surface area (Å²) < 4.78 is 0. The molecule has 0 aliphatic heterocycles. The molecule has 0 saturated carbocycles. The fourth-order valence-electron chi connectivity index (χ4n) is 1.37. The van der Waals surface area contributed by atoms with Gasteiger partial charge in [-0.1, -0.05) is 23.7 Å². The molecule has 3 heteroatoms. The van der Waals surface area contributed by atoms with Gasteiger partial charge in [0.2, 0.25) is 0 Å². The lowest BCUT2D eigenvalue weighted by Crippen LogP contribution is -1.85. The summed E-state index contributed by atoms with van der Waals surface area (Å²) in [5, 5.41) is 0.741. The van der Waals surface area contributed by atoms with Gasteiger partial charge in [0, 0.05) is 11.2 Å². The second-order valence-corrected chi connectivity index (χ2v) is 3.88. The predicted octanol–water partition coefficient (Wildman–Crippen LogP) is 4.14. The molecular formula is C12H9Cl2N. The van der Waals surface area contributed by atoms with Crippen LogP contribution >= 0.6 is 23.2 Å². The van der Waals surface area contributed by atoms with Crippen LogP contribution in [0.4, 0.5) is 0 Å². The highest BCUT2D eigenvalue weighted by atomic mass is 35.5. The molecule has 1 aromatic heterocycles. The van der Waals surface area contributed by atoms with Crippen LogP contribution < -0.4 is 0 Å². The van der Waals surface area contributed by atoms with Crippen molar-refractivity contribution in [1.82, 2.24) is 4.98 Å². The number of nitrogens with zero attached hydrogens (tertiary/aromatic N) is 1. The largest absolute Gasteiger partial charge is 0.260 e. The topological polar surface area (TPSA) is 12.9 Å². The first kappa shape index (κ1) is 10.5. The van der Waals surface area contributed by atoms with Crippen LogP contribution in [0.5, 0.6) is 0 Å². The van der Waals surface area contributed by atoms with Crippen molar-refractivity contribution in [2.24, 2.45) is 0 Å². The van der Waals surface area contributed by atoms with Crippen molar-refractivity contribution in [1.29, 1.82) is 0 Å². The van der Waals surface area contributed by atoms with E-state index in [1.54, 1.807) is 6.20 Å². The Labute approximate surface area is 98.7 Å². The zero-order chi connectivity index (χ0) is 10.7. The molecule has 1 heterocycles. The fourth-order valence-corrected chi connectivity index (χ4v) is 1.65. The quantitative estimate of drug-likeness (QED) is 0.716. The average molecular weight is 238 g/mol. The minimum atomic E-state index is 0.432. The Morgan fingerprint density at radius 3 is 2.40 bits per heavy atom. The van der Waals surface area contributed by atoms with E-state index in [9.17, 15) is 0 Å². The van der Waals surface area contributed by atoms with Crippen LogP contribution in [0.2, 0.25) is 5.02 Å². The monoisotopic (exact) mass is 237 g/mol. The van der Waals surface area contributed by atoms with Gasteiger partial charge in [0.05, 0.1) is 11.6 Å².